The summed E-state index contributed by atoms with van der Waals surface area (Å²) in [4.78, 5) is 17.0. The number of hydrogen-bond donors (Lipinski definition) is 1. The number of para-hydroxylation sites is 2. The standard InChI is InChI=1S/C25H23Cl2N3O/c26-20-13-12-19(21(27)16-20)17-30-23-10-5-4-9-22(23)29-24(30)11-6-14-28-25(31)15-18-7-2-1-3-8-18/h1-5,7-10,12-13,16H,6,11,14-15,17H2,(H,28,31). The van der Waals surface area contributed by atoms with Gasteiger partial charge in [0.1, 0.15) is 5.82 Å². The molecule has 31 heavy (non-hydrogen) atoms. The number of halogens is 2. The summed E-state index contributed by atoms with van der Waals surface area (Å²) in [5.41, 5.74) is 4.03. The van der Waals surface area contributed by atoms with Crippen LogP contribution in [0.1, 0.15) is 23.4 Å². The molecule has 4 nitrogen and oxygen atoms in total. The van der Waals surface area contributed by atoms with Crippen LogP contribution in [0.5, 0.6) is 0 Å². The molecular weight excluding hydrogens is 429 g/mol. The van der Waals surface area contributed by atoms with Crippen molar-refractivity contribution in [3.8, 4) is 0 Å². The number of rotatable bonds is 8. The lowest BCUT2D eigenvalue weighted by atomic mass is 10.1. The highest BCUT2D eigenvalue weighted by Gasteiger charge is 2.13. The molecule has 1 heterocycles. The van der Waals surface area contributed by atoms with Gasteiger partial charge in [-0.25, -0.2) is 4.98 Å². The highest BCUT2D eigenvalue weighted by atomic mass is 35.5. The van der Waals surface area contributed by atoms with E-state index >= 15 is 0 Å². The number of imidazole rings is 1. The van der Waals surface area contributed by atoms with E-state index in [1.807, 2.05) is 60.7 Å². The summed E-state index contributed by atoms with van der Waals surface area (Å²) < 4.78 is 2.19. The molecule has 0 spiro atoms. The number of nitrogens with one attached hydrogen (secondary N) is 1. The zero-order chi connectivity index (χ0) is 21.6. The van der Waals surface area contributed by atoms with Gasteiger partial charge in [0.25, 0.3) is 0 Å². The first kappa shape index (κ1) is 21.4. The van der Waals surface area contributed by atoms with Crippen molar-refractivity contribution in [1.29, 1.82) is 0 Å². The minimum Gasteiger partial charge on any atom is -0.356 e. The highest BCUT2D eigenvalue weighted by Crippen LogP contribution is 2.25. The van der Waals surface area contributed by atoms with Crippen molar-refractivity contribution in [2.24, 2.45) is 0 Å². The van der Waals surface area contributed by atoms with Gasteiger partial charge in [-0.3, -0.25) is 4.79 Å². The summed E-state index contributed by atoms with van der Waals surface area (Å²) in [6.45, 7) is 1.22. The lowest BCUT2D eigenvalue weighted by molar-refractivity contribution is -0.120. The molecule has 1 aromatic heterocycles. The van der Waals surface area contributed by atoms with Gasteiger partial charge in [0, 0.05) is 23.0 Å². The minimum absolute atomic E-state index is 0.0349. The van der Waals surface area contributed by atoms with E-state index in [0.29, 0.717) is 29.6 Å². The van der Waals surface area contributed by atoms with E-state index in [2.05, 4.69) is 16.0 Å². The predicted octanol–water partition coefficient (Wildman–Crippen LogP) is 5.68. The molecular formula is C25H23Cl2N3O. The molecule has 0 fully saturated rings. The summed E-state index contributed by atoms with van der Waals surface area (Å²) in [6.07, 6.45) is 1.96. The molecule has 0 atom stereocenters. The van der Waals surface area contributed by atoms with E-state index in [9.17, 15) is 4.79 Å². The van der Waals surface area contributed by atoms with E-state index in [-0.39, 0.29) is 5.91 Å². The van der Waals surface area contributed by atoms with Gasteiger partial charge in [-0.1, -0.05) is 71.7 Å². The fourth-order valence-corrected chi connectivity index (χ4v) is 4.10. The first-order chi connectivity index (χ1) is 15.1. The number of fused-ring (bicyclic) bond motifs is 1. The third-order valence-electron chi connectivity index (χ3n) is 5.18. The van der Waals surface area contributed by atoms with Crippen LogP contribution in [0.4, 0.5) is 0 Å². The first-order valence-corrected chi connectivity index (χ1v) is 11.0. The normalized spacial score (nSPS) is 11.0. The maximum absolute atomic E-state index is 12.2. The summed E-state index contributed by atoms with van der Waals surface area (Å²) in [5, 5.41) is 4.27. The highest BCUT2D eigenvalue weighted by molar-refractivity contribution is 6.35. The second-order valence-corrected chi connectivity index (χ2v) is 8.30. The lowest BCUT2D eigenvalue weighted by Crippen LogP contribution is -2.26. The van der Waals surface area contributed by atoms with Crippen molar-refractivity contribution >= 4 is 40.1 Å². The quantitative estimate of drug-likeness (QED) is 0.350. The van der Waals surface area contributed by atoms with Crippen LogP contribution < -0.4 is 5.32 Å². The van der Waals surface area contributed by atoms with E-state index in [4.69, 9.17) is 28.2 Å². The molecule has 158 valence electrons. The van der Waals surface area contributed by atoms with Gasteiger partial charge in [-0.2, -0.15) is 0 Å². The molecule has 1 amide bonds. The fourth-order valence-electron chi connectivity index (χ4n) is 3.63. The Morgan fingerprint density at radius 3 is 2.55 bits per heavy atom. The molecule has 1 N–H and O–H groups in total. The third kappa shape index (κ3) is 5.46. The van der Waals surface area contributed by atoms with Crippen molar-refractivity contribution < 1.29 is 4.79 Å². The van der Waals surface area contributed by atoms with Crippen LogP contribution in [-0.4, -0.2) is 22.0 Å². The van der Waals surface area contributed by atoms with E-state index in [1.54, 1.807) is 6.07 Å². The molecule has 0 aliphatic rings. The SMILES string of the molecule is O=C(Cc1ccccc1)NCCCc1nc2ccccc2n1Cc1ccc(Cl)cc1Cl. The molecule has 0 saturated carbocycles. The largest absolute Gasteiger partial charge is 0.356 e. The van der Waals surface area contributed by atoms with E-state index < -0.39 is 0 Å². The number of carbonyl (C=O) groups excluding carboxylic acids is 1. The zero-order valence-corrected chi connectivity index (χ0v) is 18.5. The molecule has 0 bridgehead atoms. The second kappa shape index (κ2) is 9.99. The molecule has 0 aliphatic carbocycles. The van der Waals surface area contributed by atoms with Crippen LogP contribution in [0.3, 0.4) is 0 Å². The number of hydrogen-bond acceptors (Lipinski definition) is 2. The molecule has 4 aromatic rings. The van der Waals surface area contributed by atoms with Crippen molar-refractivity contribution in [3.63, 3.8) is 0 Å². The number of carbonyl (C=O) groups is 1. The number of aryl methyl sites for hydroxylation is 1. The van der Waals surface area contributed by atoms with Crippen molar-refractivity contribution in [1.82, 2.24) is 14.9 Å². The number of amides is 1. The molecule has 0 aliphatic heterocycles. The summed E-state index contributed by atoms with van der Waals surface area (Å²) in [6, 6.07) is 23.4. The minimum atomic E-state index is 0.0349. The Bertz CT molecular complexity index is 1190. The Morgan fingerprint density at radius 2 is 1.74 bits per heavy atom. The van der Waals surface area contributed by atoms with Crippen LogP contribution in [0.25, 0.3) is 11.0 Å². The Kier molecular flexibility index (Phi) is 6.90. The molecule has 3 aromatic carbocycles. The number of benzene rings is 3. The van der Waals surface area contributed by atoms with E-state index in [1.165, 1.54) is 0 Å². The average Bonchev–Trinajstić information content (AvgIpc) is 3.11. The Labute approximate surface area is 191 Å². The van der Waals surface area contributed by atoms with Gasteiger partial charge in [0.15, 0.2) is 0 Å². The van der Waals surface area contributed by atoms with Crippen LogP contribution in [0.15, 0.2) is 72.8 Å². The Hall–Kier alpha value is -2.82. The van der Waals surface area contributed by atoms with Gasteiger partial charge in [-0.05, 0) is 41.8 Å². The monoisotopic (exact) mass is 451 g/mol. The van der Waals surface area contributed by atoms with Gasteiger partial charge in [0.05, 0.1) is 24.0 Å². The Balaban J connectivity index is 1.42. The molecule has 6 heteroatoms. The van der Waals surface area contributed by atoms with Crippen LogP contribution in [0, 0.1) is 0 Å². The molecule has 4 rings (SSSR count). The summed E-state index contributed by atoms with van der Waals surface area (Å²) in [5.74, 6) is 1.01. The maximum Gasteiger partial charge on any atom is 0.224 e. The fraction of sp³-hybridized carbons (Fsp3) is 0.200. The average molecular weight is 452 g/mol. The Morgan fingerprint density at radius 1 is 0.968 bits per heavy atom. The van der Waals surface area contributed by atoms with Gasteiger partial charge < -0.3 is 9.88 Å². The smallest absolute Gasteiger partial charge is 0.224 e. The molecule has 0 unspecified atom stereocenters. The predicted molar refractivity (Wildman–Crippen MR) is 127 cm³/mol. The second-order valence-electron chi connectivity index (χ2n) is 7.45. The summed E-state index contributed by atoms with van der Waals surface area (Å²) in [7, 11) is 0. The summed E-state index contributed by atoms with van der Waals surface area (Å²) >= 11 is 12.5. The van der Waals surface area contributed by atoms with Crippen molar-refractivity contribution in [2.75, 3.05) is 6.54 Å². The van der Waals surface area contributed by atoms with Crippen LogP contribution in [-0.2, 0) is 24.2 Å². The van der Waals surface area contributed by atoms with Crippen molar-refractivity contribution in [2.45, 2.75) is 25.8 Å². The number of nitrogens with zero attached hydrogens (tertiary/aromatic N) is 2. The van der Waals surface area contributed by atoms with Gasteiger partial charge in [-0.15, -0.1) is 0 Å². The topological polar surface area (TPSA) is 46.9 Å². The van der Waals surface area contributed by atoms with Gasteiger partial charge in [0.2, 0.25) is 5.91 Å². The lowest BCUT2D eigenvalue weighted by Gasteiger charge is -2.11. The third-order valence-corrected chi connectivity index (χ3v) is 5.77. The van der Waals surface area contributed by atoms with Crippen molar-refractivity contribution in [3.05, 3.63) is 99.8 Å². The maximum atomic E-state index is 12.2. The molecule has 0 saturated heterocycles. The van der Waals surface area contributed by atoms with E-state index in [0.717, 1.165) is 40.8 Å². The van der Waals surface area contributed by atoms with Crippen LogP contribution >= 0.6 is 23.2 Å². The van der Waals surface area contributed by atoms with Gasteiger partial charge >= 0.3 is 0 Å². The first-order valence-electron chi connectivity index (χ1n) is 10.3. The van der Waals surface area contributed by atoms with Crippen LogP contribution in [0.2, 0.25) is 10.0 Å². The zero-order valence-electron chi connectivity index (χ0n) is 17.0. The number of aromatic nitrogens is 2. The molecule has 0 radical (unpaired) electrons.